The Kier molecular flexibility index (Phi) is 18.8. The molecule has 0 bridgehead atoms. The van der Waals surface area contributed by atoms with Crippen molar-refractivity contribution >= 4 is 11.9 Å². The molecule has 18 heteroatoms. The highest BCUT2D eigenvalue weighted by Crippen LogP contribution is 2.38. The van der Waals surface area contributed by atoms with Gasteiger partial charge in [-0.2, -0.15) is 4.80 Å². The first-order valence-corrected chi connectivity index (χ1v) is 27.5. The van der Waals surface area contributed by atoms with Crippen LogP contribution in [0.5, 0.6) is 11.5 Å². The van der Waals surface area contributed by atoms with Gasteiger partial charge in [-0.1, -0.05) is 133 Å². The number of esters is 2. The van der Waals surface area contributed by atoms with Crippen LogP contribution in [0.4, 0.5) is 0 Å². The van der Waals surface area contributed by atoms with Crippen LogP contribution < -0.4 is 0 Å². The number of aromatic hydroxyl groups is 2. The molecule has 6 atom stereocenters. The van der Waals surface area contributed by atoms with Crippen LogP contribution in [0.3, 0.4) is 0 Å². The first kappa shape index (κ1) is 56.6. The molecule has 18 nitrogen and oxygen atoms in total. The van der Waals surface area contributed by atoms with Crippen LogP contribution in [0, 0.1) is 0 Å². The molecule has 2 fully saturated rings. The van der Waals surface area contributed by atoms with E-state index in [1.807, 2.05) is 48.5 Å². The maximum absolute atomic E-state index is 12.0. The molecule has 0 spiro atoms. The first-order chi connectivity index (χ1) is 38.8. The van der Waals surface area contributed by atoms with E-state index in [-0.39, 0.29) is 54.7 Å². The smallest absolute Gasteiger partial charge is 0.329 e. The zero-order chi connectivity index (χ0) is 56.1. The number of hydrogen-bond donors (Lipinski definition) is 2. The van der Waals surface area contributed by atoms with Crippen LogP contribution in [0.1, 0.15) is 87.0 Å². The number of carbonyl (C=O) groups is 2. The lowest BCUT2D eigenvalue weighted by molar-refractivity contribution is -0.145. The lowest BCUT2D eigenvalue weighted by Crippen LogP contribution is -2.56. The number of piperazine rings is 2. The third kappa shape index (κ3) is 14.2. The van der Waals surface area contributed by atoms with Crippen LogP contribution >= 0.6 is 0 Å². The fourth-order valence-corrected chi connectivity index (χ4v) is 11.0. The zero-order valence-corrected chi connectivity index (χ0v) is 46.4. The number of nitrogens with zero attached hydrogens (tertiary/aromatic N) is 12. The van der Waals surface area contributed by atoms with Crippen LogP contribution in [-0.4, -0.2) is 146 Å². The molecule has 2 aliphatic rings. The number of phenolic OH excluding ortho intramolecular Hbond substituents is 2. The summed E-state index contributed by atoms with van der Waals surface area (Å²) in [5, 5.41) is 45.0. The molecule has 0 radical (unpaired) electrons. The molecular weight excluding hydrogens is 1010 g/mol. The summed E-state index contributed by atoms with van der Waals surface area (Å²) in [6.07, 6.45) is 0. The predicted molar refractivity (Wildman–Crippen MR) is 305 cm³/mol. The SMILES string of the molecule is CCOC(=O)Cn1nnc(-c2ccc([C@H](c3cccc(O)c3)N3C[C@@H](C)N(Cc4ccccc4)C[C@@H]3C)cc2)n1.CCOC(=O)Cn1nnnc1-c1ccc([C@H](c2cccc(O)c2)N2C[C@@H](C)N(Cc3ccccc3)C[C@@H]2C)cc1. The van der Waals surface area contributed by atoms with Crippen LogP contribution in [0.25, 0.3) is 22.8 Å². The van der Waals surface area contributed by atoms with E-state index in [9.17, 15) is 19.8 Å². The van der Waals surface area contributed by atoms with Crippen molar-refractivity contribution in [2.24, 2.45) is 0 Å². The van der Waals surface area contributed by atoms with Gasteiger partial charge < -0.3 is 19.7 Å². The van der Waals surface area contributed by atoms with E-state index in [2.05, 4.69) is 175 Å². The lowest BCUT2D eigenvalue weighted by Gasteiger charge is -2.47. The molecule has 416 valence electrons. The maximum Gasteiger partial charge on any atom is 0.329 e. The van der Waals surface area contributed by atoms with Gasteiger partial charge in [0.15, 0.2) is 12.4 Å². The third-order valence-electron chi connectivity index (χ3n) is 14.9. The standard InChI is InChI=1S/2C31H36N6O3/c1-4-40-29(39)21-37-31(32-33-34-37)26-15-13-25(14-16-26)30(27-11-8-12-28(38)17-27)36-19-22(2)35(18-23(36)3)20-24-9-6-5-7-10-24;1-4-40-29(39)21-37-33-31(32-34-37)26-15-13-25(14-16-26)30(27-11-8-12-28(38)17-27)36-19-22(2)35(18-23(36)3)20-24-9-6-5-7-10-24/h2*5-17,22-23,30,38H,4,18-21H2,1-3H3/t2*22-,23+,30-/m11/s1. The van der Waals surface area contributed by atoms with E-state index in [0.717, 1.165) is 72.6 Å². The third-order valence-corrected chi connectivity index (χ3v) is 14.9. The van der Waals surface area contributed by atoms with Crippen molar-refractivity contribution in [2.75, 3.05) is 39.4 Å². The fourth-order valence-electron chi connectivity index (χ4n) is 11.0. The Labute approximate surface area is 468 Å². The van der Waals surface area contributed by atoms with Crippen molar-refractivity contribution in [1.82, 2.24) is 60.0 Å². The Morgan fingerprint density at radius 2 is 1.00 bits per heavy atom. The van der Waals surface area contributed by atoms with Crippen molar-refractivity contribution in [2.45, 2.75) is 104 Å². The second-order valence-corrected chi connectivity index (χ2v) is 20.8. The summed E-state index contributed by atoms with van der Waals surface area (Å²) in [5.41, 5.74) is 8.56. The lowest BCUT2D eigenvalue weighted by atomic mass is 9.92. The number of benzene rings is 6. The Morgan fingerprint density at radius 3 is 1.48 bits per heavy atom. The Bertz CT molecular complexity index is 3250. The first-order valence-electron chi connectivity index (χ1n) is 27.5. The Morgan fingerprint density at radius 1 is 0.525 bits per heavy atom. The molecule has 0 unspecified atom stereocenters. The summed E-state index contributed by atoms with van der Waals surface area (Å²) in [5.74, 6) is 0.672. The van der Waals surface area contributed by atoms with E-state index in [0.29, 0.717) is 36.9 Å². The molecule has 2 saturated heterocycles. The summed E-state index contributed by atoms with van der Waals surface area (Å²) in [6, 6.07) is 53.8. The van der Waals surface area contributed by atoms with Crippen LogP contribution in [-0.2, 0) is 45.2 Å². The minimum atomic E-state index is -0.400. The van der Waals surface area contributed by atoms with Gasteiger partial charge in [-0.25, -0.2) is 9.48 Å². The average molecular weight is 1080 g/mol. The maximum atomic E-state index is 12.0. The van der Waals surface area contributed by atoms with Gasteiger partial charge in [0.1, 0.15) is 18.0 Å². The highest BCUT2D eigenvalue weighted by atomic mass is 16.5. The van der Waals surface area contributed by atoms with Gasteiger partial charge in [0.25, 0.3) is 0 Å². The molecule has 10 rings (SSSR count). The van der Waals surface area contributed by atoms with Crippen molar-refractivity contribution in [3.63, 3.8) is 0 Å². The molecular formula is C62H72N12O6. The average Bonchev–Trinajstić information content (AvgIpc) is 4.18. The van der Waals surface area contributed by atoms with Crippen LogP contribution in [0.2, 0.25) is 0 Å². The number of carbonyl (C=O) groups excluding carboxylic acids is 2. The number of hydrogen-bond acceptors (Lipinski definition) is 16. The van der Waals surface area contributed by atoms with Crippen molar-refractivity contribution in [3.8, 4) is 34.3 Å². The number of aromatic nitrogens is 8. The van der Waals surface area contributed by atoms with Crippen LogP contribution in [0.15, 0.2) is 158 Å². The predicted octanol–water partition coefficient (Wildman–Crippen LogP) is 8.59. The summed E-state index contributed by atoms with van der Waals surface area (Å²) < 4.78 is 11.5. The highest BCUT2D eigenvalue weighted by molar-refractivity contribution is 5.70. The molecule has 0 amide bonds. The fraction of sp³-hybridized carbons (Fsp3) is 0.355. The summed E-state index contributed by atoms with van der Waals surface area (Å²) in [6.45, 7) is 18.6. The summed E-state index contributed by atoms with van der Waals surface area (Å²) in [4.78, 5) is 35.2. The second kappa shape index (κ2) is 26.7. The number of ether oxygens (including phenoxy) is 2. The van der Waals surface area contributed by atoms with E-state index in [1.54, 1.807) is 26.0 Å². The normalized spacial score (nSPS) is 18.9. The minimum Gasteiger partial charge on any atom is -0.508 e. The highest BCUT2D eigenvalue weighted by Gasteiger charge is 2.37. The summed E-state index contributed by atoms with van der Waals surface area (Å²) >= 11 is 0. The van der Waals surface area contributed by atoms with Gasteiger partial charge in [-0.3, -0.25) is 24.4 Å². The molecule has 2 N–H and O–H groups in total. The van der Waals surface area contributed by atoms with E-state index < -0.39 is 5.97 Å². The Balaban J connectivity index is 0.000000194. The molecule has 4 heterocycles. The molecule has 0 aliphatic carbocycles. The van der Waals surface area contributed by atoms with E-state index >= 15 is 0 Å². The van der Waals surface area contributed by atoms with Gasteiger partial charge in [-0.05, 0) is 115 Å². The van der Waals surface area contributed by atoms with Gasteiger partial charge in [0.2, 0.25) is 5.82 Å². The summed E-state index contributed by atoms with van der Waals surface area (Å²) in [7, 11) is 0. The van der Waals surface area contributed by atoms with Crippen molar-refractivity contribution in [3.05, 3.63) is 191 Å². The molecule has 2 aromatic heterocycles. The zero-order valence-electron chi connectivity index (χ0n) is 46.4. The van der Waals surface area contributed by atoms with Gasteiger partial charge in [-0.15, -0.1) is 15.3 Å². The molecule has 6 aromatic carbocycles. The van der Waals surface area contributed by atoms with Gasteiger partial charge in [0, 0.05) is 74.6 Å². The van der Waals surface area contributed by atoms with E-state index in [1.165, 1.54) is 20.6 Å². The van der Waals surface area contributed by atoms with E-state index in [4.69, 9.17) is 9.47 Å². The van der Waals surface area contributed by atoms with Crippen molar-refractivity contribution in [1.29, 1.82) is 0 Å². The quantitative estimate of drug-likeness (QED) is 0.0776. The van der Waals surface area contributed by atoms with Gasteiger partial charge in [0.05, 0.1) is 25.3 Å². The minimum absolute atomic E-state index is 0.0371. The molecule has 80 heavy (non-hydrogen) atoms. The van der Waals surface area contributed by atoms with Crippen molar-refractivity contribution < 1.29 is 29.3 Å². The number of phenols is 2. The second-order valence-electron chi connectivity index (χ2n) is 20.8. The monoisotopic (exact) mass is 1080 g/mol. The number of rotatable bonds is 18. The largest absolute Gasteiger partial charge is 0.508 e. The molecule has 2 aliphatic heterocycles. The topological polar surface area (TPSA) is 193 Å². The van der Waals surface area contributed by atoms with Gasteiger partial charge >= 0.3 is 11.9 Å². The molecule has 0 saturated carbocycles. The molecule has 8 aromatic rings. The number of tetrazole rings is 2. The Hall–Kier alpha value is -8.16.